The summed E-state index contributed by atoms with van der Waals surface area (Å²) >= 11 is 0. The number of nitrogens with zero attached hydrogens (tertiary/aromatic N) is 3. The number of hydrogen-bond acceptors (Lipinski definition) is 3. The zero-order valence-corrected chi connectivity index (χ0v) is 15.1. The van der Waals surface area contributed by atoms with Gasteiger partial charge in [0, 0.05) is 32.5 Å². The Morgan fingerprint density at radius 1 is 1.19 bits per heavy atom. The Bertz CT molecular complexity index is 900. The van der Waals surface area contributed by atoms with Crippen molar-refractivity contribution in [3.8, 4) is 0 Å². The number of benzene rings is 2. The van der Waals surface area contributed by atoms with Crippen molar-refractivity contribution >= 4 is 16.7 Å². The number of hydrogen-bond donors (Lipinski definition) is 1. The molecule has 134 valence electrons. The molecule has 0 spiro atoms. The molecule has 5 nitrogen and oxygen atoms in total. The summed E-state index contributed by atoms with van der Waals surface area (Å²) in [6.45, 7) is 2.49. The van der Waals surface area contributed by atoms with Crippen LogP contribution in [0.1, 0.15) is 18.4 Å². The maximum Gasteiger partial charge on any atom is 0.249 e. The standard InChI is InChI=1S/C21H24N4O/c1-22-20(26)21(25-14-6-12-23-25)11-5-13-24(16-21)15-18-9-4-8-17-7-2-3-10-19(17)18/h2-4,6-10,12,14H,5,11,13,15-16H2,1H3,(H,22,26). The number of amides is 1. The minimum atomic E-state index is -0.638. The smallest absolute Gasteiger partial charge is 0.249 e. The van der Waals surface area contributed by atoms with E-state index in [-0.39, 0.29) is 5.91 Å². The number of piperidine rings is 1. The zero-order valence-electron chi connectivity index (χ0n) is 15.1. The highest BCUT2D eigenvalue weighted by atomic mass is 16.2. The number of carbonyl (C=O) groups excluding carboxylic acids is 1. The molecule has 2 heterocycles. The average Bonchev–Trinajstić information content (AvgIpc) is 3.23. The lowest BCUT2D eigenvalue weighted by Crippen LogP contribution is -2.57. The molecule has 1 atom stereocenters. The van der Waals surface area contributed by atoms with E-state index in [9.17, 15) is 4.79 Å². The lowest BCUT2D eigenvalue weighted by atomic mass is 9.87. The van der Waals surface area contributed by atoms with Crippen LogP contribution in [0.3, 0.4) is 0 Å². The number of likely N-dealkylation sites (N-methyl/N-ethyl adjacent to an activating group) is 1. The summed E-state index contributed by atoms with van der Waals surface area (Å²) in [5.41, 5.74) is 0.664. The fourth-order valence-corrected chi connectivity index (χ4v) is 4.16. The topological polar surface area (TPSA) is 50.2 Å². The van der Waals surface area contributed by atoms with Crippen LogP contribution in [0.4, 0.5) is 0 Å². The van der Waals surface area contributed by atoms with Crippen LogP contribution in [0.25, 0.3) is 10.8 Å². The first kappa shape index (κ1) is 16.8. The second-order valence-electron chi connectivity index (χ2n) is 7.01. The molecule has 3 aromatic rings. The lowest BCUT2D eigenvalue weighted by Gasteiger charge is -2.41. The second kappa shape index (κ2) is 6.92. The van der Waals surface area contributed by atoms with Gasteiger partial charge in [-0.2, -0.15) is 5.10 Å². The molecular formula is C21H24N4O. The molecule has 1 aliphatic heterocycles. The quantitative estimate of drug-likeness (QED) is 0.789. The highest BCUT2D eigenvalue weighted by Crippen LogP contribution is 2.30. The van der Waals surface area contributed by atoms with E-state index >= 15 is 0 Å². The molecular weight excluding hydrogens is 324 g/mol. The van der Waals surface area contributed by atoms with Crippen molar-refractivity contribution in [3.05, 3.63) is 66.5 Å². The van der Waals surface area contributed by atoms with Crippen molar-refractivity contribution in [2.75, 3.05) is 20.1 Å². The minimum absolute atomic E-state index is 0.0313. The molecule has 0 aliphatic carbocycles. The predicted octanol–water partition coefficient (Wildman–Crippen LogP) is 2.77. The largest absolute Gasteiger partial charge is 0.357 e. The Morgan fingerprint density at radius 2 is 2.04 bits per heavy atom. The Labute approximate surface area is 153 Å². The van der Waals surface area contributed by atoms with Crippen LogP contribution in [0.2, 0.25) is 0 Å². The summed E-state index contributed by atoms with van der Waals surface area (Å²) in [6.07, 6.45) is 5.42. The van der Waals surface area contributed by atoms with Crippen molar-refractivity contribution in [1.29, 1.82) is 0 Å². The summed E-state index contributed by atoms with van der Waals surface area (Å²) in [5, 5.41) is 9.79. The van der Waals surface area contributed by atoms with Gasteiger partial charge in [0.15, 0.2) is 5.54 Å². The fraction of sp³-hybridized carbons (Fsp3) is 0.333. The van der Waals surface area contributed by atoms with Crippen LogP contribution in [0, 0.1) is 0 Å². The van der Waals surface area contributed by atoms with Gasteiger partial charge in [0.25, 0.3) is 0 Å². The molecule has 1 N–H and O–H groups in total. The predicted molar refractivity (Wildman–Crippen MR) is 103 cm³/mol. The van der Waals surface area contributed by atoms with E-state index in [4.69, 9.17) is 0 Å². The van der Waals surface area contributed by atoms with Crippen LogP contribution in [-0.2, 0) is 16.9 Å². The van der Waals surface area contributed by atoms with Crippen LogP contribution in [-0.4, -0.2) is 40.7 Å². The first-order chi connectivity index (χ1) is 12.7. The van der Waals surface area contributed by atoms with Gasteiger partial charge in [-0.05, 0) is 41.8 Å². The highest BCUT2D eigenvalue weighted by Gasteiger charge is 2.44. The molecule has 1 aliphatic rings. The van der Waals surface area contributed by atoms with Gasteiger partial charge in [-0.1, -0.05) is 42.5 Å². The van der Waals surface area contributed by atoms with Gasteiger partial charge in [-0.15, -0.1) is 0 Å². The maximum absolute atomic E-state index is 12.8. The highest BCUT2D eigenvalue weighted by molar-refractivity contribution is 5.86. The van der Waals surface area contributed by atoms with Gasteiger partial charge >= 0.3 is 0 Å². The monoisotopic (exact) mass is 348 g/mol. The third-order valence-corrected chi connectivity index (χ3v) is 5.42. The second-order valence-corrected chi connectivity index (χ2v) is 7.01. The van der Waals surface area contributed by atoms with Gasteiger partial charge in [-0.3, -0.25) is 14.4 Å². The van der Waals surface area contributed by atoms with Crippen LogP contribution < -0.4 is 5.32 Å². The van der Waals surface area contributed by atoms with E-state index in [1.807, 2.05) is 16.9 Å². The molecule has 1 saturated heterocycles. The van der Waals surface area contributed by atoms with Crippen LogP contribution >= 0.6 is 0 Å². The Balaban J connectivity index is 1.64. The molecule has 0 radical (unpaired) electrons. The molecule has 4 rings (SSSR count). The molecule has 1 aromatic heterocycles. The van der Waals surface area contributed by atoms with Crippen molar-refractivity contribution in [3.63, 3.8) is 0 Å². The summed E-state index contributed by atoms with van der Waals surface area (Å²) in [5.74, 6) is 0.0313. The molecule has 1 fully saturated rings. The fourth-order valence-electron chi connectivity index (χ4n) is 4.16. The minimum Gasteiger partial charge on any atom is -0.357 e. The number of rotatable bonds is 4. The summed E-state index contributed by atoms with van der Waals surface area (Å²) < 4.78 is 1.83. The molecule has 1 unspecified atom stereocenters. The third kappa shape index (κ3) is 2.88. The van der Waals surface area contributed by atoms with E-state index in [0.717, 1.165) is 25.9 Å². The SMILES string of the molecule is CNC(=O)C1(n2cccn2)CCCN(Cc2cccc3ccccc23)C1. The van der Waals surface area contributed by atoms with E-state index in [1.54, 1.807) is 13.2 Å². The van der Waals surface area contributed by atoms with Crippen LogP contribution in [0.5, 0.6) is 0 Å². The summed E-state index contributed by atoms with van der Waals surface area (Å²) in [7, 11) is 1.71. The number of likely N-dealkylation sites (tertiary alicyclic amines) is 1. The van der Waals surface area contributed by atoms with Crippen LogP contribution in [0.15, 0.2) is 60.9 Å². The summed E-state index contributed by atoms with van der Waals surface area (Å²) in [4.78, 5) is 15.2. The van der Waals surface area contributed by atoms with E-state index < -0.39 is 5.54 Å². The number of nitrogens with one attached hydrogen (secondary N) is 1. The Morgan fingerprint density at radius 3 is 2.85 bits per heavy atom. The number of fused-ring (bicyclic) bond motifs is 1. The van der Waals surface area contributed by atoms with Crippen molar-refractivity contribution < 1.29 is 4.79 Å². The molecule has 1 amide bonds. The Kier molecular flexibility index (Phi) is 4.47. The first-order valence-corrected chi connectivity index (χ1v) is 9.14. The van der Waals surface area contributed by atoms with Gasteiger partial charge in [0.05, 0.1) is 0 Å². The van der Waals surface area contributed by atoms with Gasteiger partial charge in [-0.25, -0.2) is 0 Å². The number of aromatic nitrogens is 2. The third-order valence-electron chi connectivity index (χ3n) is 5.42. The van der Waals surface area contributed by atoms with Crippen molar-refractivity contribution in [2.24, 2.45) is 0 Å². The molecule has 0 bridgehead atoms. The molecule has 0 saturated carbocycles. The van der Waals surface area contributed by atoms with Gasteiger partial charge in [0.2, 0.25) is 5.91 Å². The average molecular weight is 348 g/mol. The lowest BCUT2D eigenvalue weighted by molar-refractivity contribution is -0.133. The van der Waals surface area contributed by atoms with E-state index in [2.05, 4.69) is 57.8 Å². The van der Waals surface area contributed by atoms with Gasteiger partial charge < -0.3 is 5.32 Å². The molecule has 5 heteroatoms. The summed E-state index contributed by atoms with van der Waals surface area (Å²) in [6, 6.07) is 16.8. The van der Waals surface area contributed by atoms with Gasteiger partial charge in [0.1, 0.15) is 0 Å². The van der Waals surface area contributed by atoms with E-state index in [1.165, 1.54) is 16.3 Å². The zero-order chi connectivity index (χ0) is 18.0. The molecule has 26 heavy (non-hydrogen) atoms. The van der Waals surface area contributed by atoms with Crippen molar-refractivity contribution in [1.82, 2.24) is 20.0 Å². The Hall–Kier alpha value is -2.66. The maximum atomic E-state index is 12.8. The molecule has 2 aromatic carbocycles. The first-order valence-electron chi connectivity index (χ1n) is 9.14. The normalized spacial score (nSPS) is 21.0. The van der Waals surface area contributed by atoms with E-state index in [0.29, 0.717) is 6.54 Å². The number of carbonyl (C=O) groups is 1. The van der Waals surface area contributed by atoms with Crippen molar-refractivity contribution in [2.45, 2.75) is 24.9 Å².